The Kier molecular flexibility index (Phi) is 6.32. The molecule has 5 nitrogen and oxygen atoms in total. The van der Waals surface area contributed by atoms with Gasteiger partial charge < -0.3 is 4.74 Å². The van der Waals surface area contributed by atoms with Crippen LogP contribution in [0.1, 0.15) is 24.5 Å². The zero-order valence-corrected chi connectivity index (χ0v) is 16.5. The van der Waals surface area contributed by atoms with Crippen LogP contribution in [0.15, 0.2) is 53.4 Å². The van der Waals surface area contributed by atoms with Gasteiger partial charge in [0.15, 0.2) is 0 Å². The second kappa shape index (κ2) is 8.55. The van der Waals surface area contributed by atoms with Crippen LogP contribution in [-0.2, 0) is 23.0 Å². The van der Waals surface area contributed by atoms with Crippen LogP contribution in [0.25, 0.3) is 0 Å². The zero-order valence-electron chi connectivity index (χ0n) is 15.7. The van der Waals surface area contributed by atoms with E-state index < -0.39 is 16.1 Å². The highest BCUT2D eigenvalue weighted by molar-refractivity contribution is 7.89. The molecule has 0 fully saturated rings. The average molecular weight is 410 g/mol. The van der Waals surface area contributed by atoms with Gasteiger partial charge in [0.25, 0.3) is 0 Å². The maximum Gasteiger partial charge on any atom is 0.394 e. The number of nitrogens with zero attached hydrogens (tertiary/aromatic N) is 1. The lowest BCUT2D eigenvalue weighted by Crippen LogP contribution is -2.33. The number of halogens is 2. The summed E-state index contributed by atoms with van der Waals surface area (Å²) in [7, 11) is -3.68. The number of benzene rings is 2. The number of alkyl halides is 2. The van der Waals surface area contributed by atoms with E-state index in [2.05, 4.69) is 32.6 Å². The topological polar surface area (TPSA) is 58.6 Å². The van der Waals surface area contributed by atoms with Gasteiger partial charge in [-0.15, -0.1) is 0 Å². The van der Waals surface area contributed by atoms with Crippen molar-refractivity contribution in [1.82, 2.24) is 9.62 Å². The molecule has 28 heavy (non-hydrogen) atoms. The number of hydrogen-bond acceptors (Lipinski definition) is 4. The van der Waals surface area contributed by atoms with E-state index in [1.807, 2.05) is 6.07 Å². The number of rotatable bonds is 8. The van der Waals surface area contributed by atoms with Crippen molar-refractivity contribution in [3.8, 4) is 5.75 Å². The Balaban J connectivity index is 1.46. The lowest BCUT2D eigenvalue weighted by Gasteiger charge is -2.28. The van der Waals surface area contributed by atoms with Crippen molar-refractivity contribution < 1.29 is 21.9 Å². The molecule has 1 aliphatic rings. The highest BCUT2D eigenvalue weighted by atomic mass is 32.2. The second-order valence-corrected chi connectivity index (χ2v) is 8.69. The third-order valence-corrected chi connectivity index (χ3v) is 6.06. The summed E-state index contributed by atoms with van der Waals surface area (Å²) in [6.07, 6.45) is -1.62. The van der Waals surface area contributed by atoms with Gasteiger partial charge in [0.05, 0.1) is 4.90 Å². The van der Waals surface area contributed by atoms with E-state index in [1.165, 1.54) is 35.4 Å². The van der Waals surface area contributed by atoms with Gasteiger partial charge in [-0.25, -0.2) is 13.1 Å². The van der Waals surface area contributed by atoms with Gasteiger partial charge in [-0.3, -0.25) is 4.90 Å². The number of ether oxygens (including phenoxy) is 1. The van der Waals surface area contributed by atoms with Gasteiger partial charge in [-0.2, -0.15) is 8.78 Å². The Bertz CT molecular complexity index is 896. The van der Waals surface area contributed by atoms with Crippen molar-refractivity contribution >= 4 is 10.0 Å². The van der Waals surface area contributed by atoms with Gasteiger partial charge in [0, 0.05) is 26.6 Å². The van der Waals surface area contributed by atoms with Crippen LogP contribution in [0.2, 0.25) is 0 Å². The minimum atomic E-state index is -3.68. The van der Waals surface area contributed by atoms with Crippen LogP contribution >= 0.6 is 0 Å². The number of sulfonamides is 1. The van der Waals surface area contributed by atoms with Crippen molar-refractivity contribution in [2.24, 2.45) is 0 Å². The quantitative estimate of drug-likeness (QED) is 0.678. The van der Waals surface area contributed by atoms with E-state index in [0.717, 1.165) is 26.1 Å². The molecular formula is C20H24F2N2O3S. The van der Waals surface area contributed by atoms with Crippen molar-refractivity contribution in [3.63, 3.8) is 0 Å². The molecule has 0 unspecified atom stereocenters. The molecule has 3 rings (SSSR count). The number of fused-ring (bicyclic) bond motifs is 1. The molecule has 2 aromatic carbocycles. The molecule has 1 aliphatic heterocycles. The first-order chi connectivity index (χ1) is 13.2. The van der Waals surface area contributed by atoms with Gasteiger partial charge in [0.1, 0.15) is 5.75 Å². The summed E-state index contributed by atoms with van der Waals surface area (Å²) in [5.41, 5.74) is 2.71. The van der Waals surface area contributed by atoms with Crippen molar-refractivity contribution in [2.75, 3.05) is 19.6 Å². The first kappa shape index (κ1) is 20.7. The van der Waals surface area contributed by atoms with Gasteiger partial charge in [-0.1, -0.05) is 24.3 Å². The smallest absolute Gasteiger partial charge is 0.394 e. The molecule has 0 amide bonds. The van der Waals surface area contributed by atoms with Crippen LogP contribution in [0.5, 0.6) is 5.75 Å². The van der Waals surface area contributed by atoms with Crippen molar-refractivity contribution in [2.45, 2.75) is 37.3 Å². The van der Waals surface area contributed by atoms with Crippen LogP contribution in [0, 0.1) is 0 Å². The minimum Gasteiger partial charge on any atom is -0.433 e. The van der Waals surface area contributed by atoms with Crippen LogP contribution in [-0.4, -0.2) is 39.1 Å². The van der Waals surface area contributed by atoms with E-state index in [1.54, 1.807) is 0 Å². The number of nitrogens with one attached hydrogen (secondary N) is 1. The Labute approximate surface area is 164 Å². The molecule has 2 aromatic rings. The summed E-state index contributed by atoms with van der Waals surface area (Å²) in [6.45, 7) is 3.58. The molecule has 0 radical (unpaired) electrons. The van der Waals surface area contributed by atoms with Crippen LogP contribution < -0.4 is 9.46 Å². The summed E-state index contributed by atoms with van der Waals surface area (Å²) < 4.78 is 57.3. The third kappa shape index (κ3) is 5.73. The average Bonchev–Trinajstić information content (AvgIpc) is 2.64. The van der Waals surface area contributed by atoms with Gasteiger partial charge >= 0.3 is 6.11 Å². The Morgan fingerprint density at radius 3 is 2.46 bits per heavy atom. The normalized spacial score (nSPS) is 15.2. The highest BCUT2D eigenvalue weighted by Crippen LogP contribution is 2.22. The highest BCUT2D eigenvalue weighted by Gasteiger charge is 2.23. The second-order valence-electron chi connectivity index (χ2n) is 6.93. The first-order valence-corrected chi connectivity index (χ1v) is 10.7. The lowest BCUT2D eigenvalue weighted by molar-refractivity contribution is -0.158. The predicted molar refractivity (Wildman–Crippen MR) is 103 cm³/mol. The minimum absolute atomic E-state index is 0.0196. The molecule has 1 heterocycles. The molecule has 0 aromatic heterocycles. The molecule has 0 saturated carbocycles. The standard InChI is InChI=1S/C20H24F2N2O3S/c1-20(21,22)27-18-7-9-19(10-8-18)28(25,26)23-12-4-13-24-14-11-16-5-2-3-6-17(16)15-24/h2-3,5-10,23H,4,11-15H2,1H3. The first-order valence-electron chi connectivity index (χ1n) is 9.19. The fourth-order valence-corrected chi connectivity index (χ4v) is 4.31. The molecule has 0 saturated heterocycles. The van der Waals surface area contributed by atoms with E-state index in [4.69, 9.17) is 0 Å². The fourth-order valence-electron chi connectivity index (χ4n) is 3.23. The predicted octanol–water partition coefficient (Wildman–Crippen LogP) is 3.40. The van der Waals surface area contributed by atoms with E-state index in [-0.39, 0.29) is 10.6 Å². The van der Waals surface area contributed by atoms with Crippen molar-refractivity contribution in [1.29, 1.82) is 0 Å². The van der Waals surface area contributed by atoms with Crippen molar-refractivity contribution in [3.05, 3.63) is 59.7 Å². The van der Waals surface area contributed by atoms with Crippen LogP contribution in [0.4, 0.5) is 8.78 Å². The SMILES string of the molecule is CC(F)(F)Oc1ccc(S(=O)(=O)NCCCN2CCc3ccccc3C2)cc1. The summed E-state index contributed by atoms with van der Waals surface area (Å²) >= 11 is 0. The molecule has 0 aliphatic carbocycles. The van der Waals surface area contributed by atoms with E-state index in [9.17, 15) is 17.2 Å². The Hall–Kier alpha value is -2.03. The Morgan fingerprint density at radius 1 is 1.11 bits per heavy atom. The molecule has 0 atom stereocenters. The molecule has 0 bridgehead atoms. The summed E-state index contributed by atoms with van der Waals surface area (Å²) in [6, 6.07) is 13.3. The maximum absolute atomic E-state index is 12.8. The van der Waals surface area contributed by atoms with Crippen LogP contribution in [0.3, 0.4) is 0 Å². The van der Waals surface area contributed by atoms with E-state index in [0.29, 0.717) is 19.9 Å². The zero-order chi connectivity index (χ0) is 20.2. The third-order valence-electron chi connectivity index (χ3n) is 4.58. The molecule has 8 heteroatoms. The molecule has 152 valence electrons. The van der Waals surface area contributed by atoms with Gasteiger partial charge in [-0.05, 0) is 54.8 Å². The lowest BCUT2D eigenvalue weighted by atomic mass is 10.00. The number of hydrogen-bond donors (Lipinski definition) is 1. The largest absolute Gasteiger partial charge is 0.433 e. The summed E-state index contributed by atoms with van der Waals surface area (Å²) in [5.74, 6) is -0.0863. The molecule has 0 spiro atoms. The van der Waals surface area contributed by atoms with Gasteiger partial charge in [0.2, 0.25) is 10.0 Å². The summed E-state index contributed by atoms with van der Waals surface area (Å²) in [4.78, 5) is 2.33. The fraction of sp³-hybridized carbons (Fsp3) is 0.400. The maximum atomic E-state index is 12.8. The molecular weight excluding hydrogens is 386 g/mol. The molecule has 1 N–H and O–H groups in total. The van der Waals surface area contributed by atoms with E-state index >= 15 is 0 Å². The monoisotopic (exact) mass is 410 g/mol. The Morgan fingerprint density at radius 2 is 1.79 bits per heavy atom. The summed E-state index contributed by atoms with van der Waals surface area (Å²) in [5, 5.41) is 0.